The number of hydrogen-bond donors (Lipinski definition) is 6. The van der Waals surface area contributed by atoms with E-state index >= 15 is 0 Å². The number of aliphatic hydroxyl groups excluding tert-OH is 4. The summed E-state index contributed by atoms with van der Waals surface area (Å²) in [4.78, 5) is 0. The average molecular weight is 192 g/mol. The van der Waals surface area contributed by atoms with Crippen molar-refractivity contribution in [1.29, 1.82) is 0 Å². The van der Waals surface area contributed by atoms with Gasteiger partial charge < -0.3 is 31.5 Å². The predicted molar refractivity (Wildman–Crippen MR) is 44.9 cm³/mol. The lowest BCUT2D eigenvalue weighted by Gasteiger charge is -2.44. The van der Waals surface area contributed by atoms with E-state index in [1.165, 1.54) is 0 Å². The second kappa shape index (κ2) is 3.87. The maximum Gasteiger partial charge on any atom is 0.109 e. The van der Waals surface area contributed by atoms with E-state index in [4.69, 9.17) is 10.8 Å². The fourth-order valence-electron chi connectivity index (χ4n) is 1.48. The van der Waals surface area contributed by atoms with Gasteiger partial charge in [-0.3, -0.25) is 0 Å². The summed E-state index contributed by atoms with van der Waals surface area (Å²) >= 11 is 0. The van der Waals surface area contributed by atoms with Gasteiger partial charge in [0.2, 0.25) is 0 Å². The van der Waals surface area contributed by atoms with Crippen LogP contribution in [0.4, 0.5) is 0 Å². The van der Waals surface area contributed by atoms with Crippen LogP contribution in [-0.2, 0) is 0 Å². The van der Waals surface area contributed by atoms with E-state index in [-0.39, 0.29) is 19.7 Å². The molecule has 0 aromatic rings. The van der Waals surface area contributed by atoms with Crippen LogP contribution in [0.25, 0.3) is 0 Å². The van der Waals surface area contributed by atoms with Crippen LogP contribution in [0.15, 0.2) is 0 Å². The molecule has 13 heavy (non-hydrogen) atoms. The topological polar surface area (TPSA) is 119 Å². The molecule has 4 unspecified atom stereocenters. The Bertz CT molecular complexity index is 174. The van der Waals surface area contributed by atoms with Crippen molar-refractivity contribution in [3.8, 4) is 0 Å². The molecule has 6 nitrogen and oxygen atoms in total. The normalized spacial score (nSPS) is 46.4. The van der Waals surface area contributed by atoms with Crippen LogP contribution in [0.5, 0.6) is 0 Å². The Morgan fingerprint density at radius 3 is 2.46 bits per heavy atom. The van der Waals surface area contributed by atoms with Gasteiger partial charge in [-0.1, -0.05) is 0 Å². The first-order valence-electron chi connectivity index (χ1n) is 4.17. The highest BCUT2D eigenvalue weighted by molar-refractivity contribution is 5.04. The molecule has 0 radical (unpaired) electrons. The van der Waals surface area contributed by atoms with Gasteiger partial charge in [0, 0.05) is 13.1 Å². The Balaban J connectivity index is 2.77. The number of rotatable bonds is 2. The van der Waals surface area contributed by atoms with Crippen LogP contribution in [0.2, 0.25) is 0 Å². The highest BCUT2D eigenvalue weighted by Crippen LogP contribution is 2.19. The van der Waals surface area contributed by atoms with Gasteiger partial charge in [0.15, 0.2) is 0 Å². The van der Waals surface area contributed by atoms with E-state index in [0.717, 1.165) is 0 Å². The van der Waals surface area contributed by atoms with Crippen molar-refractivity contribution in [1.82, 2.24) is 5.32 Å². The van der Waals surface area contributed by atoms with Gasteiger partial charge in [-0.15, -0.1) is 0 Å². The zero-order valence-electron chi connectivity index (χ0n) is 7.22. The van der Waals surface area contributed by atoms with Gasteiger partial charge in [0.1, 0.15) is 12.2 Å². The van der Waals surface area contributed by atoms with Gasteiger partial charge in [-0.05, 0) is 0 Å². The number of β-amino-alcohol motifs (C(OH)–C–C–N with tert-alkyl or cyclic N) is 1. The molecule has 1 rings (SSSR count). The highest BCUT2D eigenvalue weighted by Gasteiger charge is 2.46. The summed E-state index contributed by atoms with van der Waals surface area (Å²) in [6.45, 7) is -0.279. The summed E-state index contributed by atoms with van der Waals surface area (Å²) in [5.41, 5.74) is 4.27. The Morgan fingerprint density at radius 2 is 2.00 bits per heavy atom. The Morgan fingerprint density at radius 1 is 1.38 bits per heavy atom. The standard InChI is InChI=1S/C7H16N2O4/c8-2-7(3-10)6(13)5(12)4(11)1-9-7/h4-6,9-13H,1-3,8H2. The quantitative estimate of drug-likeness (QED) is 0.269. The minimum Gasteiger partial charge on any atom is -0.394 e. The van der Waals surface area contributed by atoms with Crippen LogP contribution in [-0.4, -0.2) is 64.0 Å². The van der Waals surface area contributed by atoms with Crippen LogP contribution in [0.1, 0.15) is 0 Å². The molecule has 6 heteroatoms. The van der Waals surface area contributed by atoms with E-state index in [1.807, 2.05) is 0 Å². The second-order valence-corrected chi connectivity index (χ2v) is 3.40. The van der Waals surface area contributed by atoms with Crippen LogP contribution < -0.4 is 11.1 Å². The fraction of sp³-hybridized carbons (Fsp3) is 1.00. The van der Waals surface area contributed by atoms with Gasteiger partial charge >= 0.3 is 0 Å². The van der Waals surface area contributed by atoms with Crippen molar-refractivity contribution in [2.24, 2.45) is 5.73 Å². The molecular weight excluding hydrogens is 176 g/mol. The Hall–Kier alpha value is -0.240. The molecule has 0 bridgehead atoms. The maximum absolute atomic E-state index is 9.55. The molecule has 1 aliphatic rings. The Labute approximate surface area is 76.0 Å². The van der Waals surface area contributed by atoms with E-state index in [2.05, 4.69) is 5.32 Å². The lowest BCUT2D eigenvalue weighted by molar-refractivity contribution is -0.130. The van der Waals surface area contributed by atoms with Gasteiger partial charge in [0.05, 0.1) is 18.2 Å². The number of hydrogen-bond acceptors (Lipinski definition) is 6. The molecule has 1 heterocycles. The van der Waals surface area contributed by atoms with Crippen molar-refractivity contribution in [3.63, 3.8) is 0 Å². The third kappa shape index (κ3) is 1.69. The van der Waals surface area contributed by atoms with Crippen molar-refractivity contribution in [2.45, 2.75) is 23.9 Å². The van der Waals surface area contributed by atoms with Gasteiger partial charge in [-0.25, -0.2) is 0 Å². The molecule has 4 atom stereocenters. The molecule has 0 amide bonds. The zero-order valence-corrected chi connectivity index (χ0v) is 7.22. The number of piperidine rings is 1. The number of aliphatic hydroxyl groups is 4. The highest BCUT2D eigenvalue weighted by atomic mass is 16.4. The average Bonchev–Trinajstić information content (AvgIpc) is 2.16. The molecule has 1 fully saturated rings. The minimum absolute atomic E-state index is 0.00551. The molecule has 0 aromatic heterocycles. The number of nitrogens with one attached hydrogen (secondary N) is 1. The molecule has 7 N–H and O–H groups in total. The largest absolute Gasteiger partial charge is 0.394 e. The second-order valence-electron chi connectivity index (χ2n) is 3.40. The van der Waals surface area contributed by atoms with Crippen molar-refractivity contribution in [2.75, 3.05) is 19.7 Å². The lowest BCUT2D eigenvalue weighted by Crippen LogP contribution is -2.72. The summed E-state index contributed by atoms with van der Waals surface area (Å²) in [6, 6.07) is 0. The SMILES string of the molecule is NCC1(CO)NCC(O)C(O)C1O. The third-order valence-corrected chi connectivity index (χ3v) is 2.59. The van der Waals surface area contributed by atoms with Crippen molar-refractivity contribution in [3.05, 3.63) is 0 Å². The van der Waals surface area contributed by atoms with Crippen molar-refractivity contribution >= 4 is 0 Å². The summed E-state index contributed by atoms with van der Waals surface area (Å²) in [5, 5.41) is 39.8. The molecule has 0 spiro atoms. The van der Waals surface area contributed by atoms with Crippen LogP contribution in [0, 0.1) is 0 Å². The van der Waals surface area contributed by atoms with E-state index in [0.29, 0.717) is 0 Å². The van der Waals surface area contributed by atoms with Crippen LogP contribution >= 0.6 is 0 Å². The molecule has 1 saturated heterocycles. The maximum atomic E-state index is 9.55. The molecule has 78 valence electrons. The predicted octanol–water partition coefficient (Wildman–Crippen LogP) is -3.64. The van der Waals surface area contributed by atoms with E-state index < -0.39 is 23.9 Å². The molecule has 1 aliphatic heterocycles. The fourth-order valence-corrected chi connectivity index (χ4v) is 1.48. The zero-order chi connectivity index (χ0) is 10.1. The first kappa shape index (κ1) is 10.8. The summed E-state index contributed by atoms with van der Waals surface area (Å²) in [5.74, 6) is 0. The van der Waals surface area contributed by atoms with E-state index in [1.54, 1.807) is 0 Å². The van der Waals surface area contributed by atoms with Gasteiger partial charge in [0.25, 0.3) is 0 Å². The smallest absolute Gasteiger partial charge is 0.109 e. The first-order valence-corrected chi connectivity index (χ1v) is 4.17. The first-order chi connectivity index (χ1) is 6.07. The molecule has 0 aliphatic carbocycles. The lowest BCUT2D eigenvalue weighted by atomic mass is 9.83. The monoisotopic (exact) mass is 192 g/mol. The molecule has 0 saturated carbocycles. The minimum atomic E-state index is -1.27. The van der Waals surface area contributed by atoms with Gasteiger partial charge in [-0.2, -0.15) is 0 Å². The molecule has 0 aromatic carbocycles. The van der Waals surface area contributed by atoms with Crippen molar-refractivity contribution < 1.29 is 20.4 Å². The van der Waals surface area contributed by atoms with E-state index in [9.17, 15) is 15.3 Å². The van der Waals surface area contributed by atoms with Crippen LogP contribution in [0.3, 0.4) is 0 Å². The summed E-state index contributed by atoms with van der Waals surface area (Å²) in [7, 11) is 0. The summed E-state index contributed by atoms with van der Waals surface area (Å²) in [6.07, 6.45) is -3.55. The number of nitrogens with two attached hydrogens (primary N) is 1. The molecular formula is C7H16N2O4. The summed E-state index contributed by atoms with van der Waals surface area (Å²) < 4.78 is 0. The third-order valence-electron chi connectivity index (χ3n) is 2.59. The Kier molecular flexibility index (Phi) is 3.23.